The molecule has 0 radical (unpaired) electrons. The number of ether oxygens (including phenoxy) is 1. The second-order valence-electron chi connectivity index (χ2n) is 6.25. The SMILES string of the molecule is COc1ccc(-c2nnc(NC(=O)C(C)NC(=O)c3ccc([N+](=O)[O-])cc3Cl)s2)cc1. The highest BCUT2D eigenvalue weighted by atomic mass is 35.5. The molecule has 1 atom stereocenters. The molecule has 2 aromatic carbocycles. The Balaban J connectivity index is 1.62. The van der Waals surface area contributed by atoms with Crippen LogP contribution >= 0.6 is 22.9 Å². The van der Waals surface area contributed by atoms with Crippen LogP contribution in [0.25, 0.3) is 10.6 Å². The van der Waals surface area contributed by atoms with E-state index in [1.165, 1.54) is 24.3 Å². The van der Waals surface area contributed by atoms with Gasteiger partial charge in [-0.15, -0.1) is 10.2 Å². The Kier molecular flexibility index (Phi) is 6.78. The maximum atomic E-state index is 12.4. The predicted octanol–water partition coefficient (Wildman–Crippen LogP) is 3.53. The van der Waals surface area contributed by atoms with Gasteiger partial charge in [-0.3, -0.25) is 25.0 Å². The molecule has 0 aliphatic heterocycles. The number of nitrogens with one attached hydrogen (secondary N) is 2. The summed E-state index contributed by atoms with van der Waals surface area (Å²) in [5.41, 5.74) is 0.592. The molecule has 3 rings (SSSR count). The highest BCUT2D eigenvalue weighted by Crippen LogP contribution is 2.28. The van der Waals surface area contributed by atoms with Crippen molar-refractivity contribution in [2.45, 2.75) is 13.0 Å². The van der Waals surface area contributed by atoms with Crippen molar-refractivity contribution in [2.24, 2.45) is 0 Å². The summed E-state index contributed by atoms with van der Waals surface area (Å²) in [6, 6.07) is 9.75. The molecule has 0 fully saturated rings. The van der Waals surface area contributed by atoms with Gasteiger partial charge in [0.05, 0.1) is 22.6 Å². The number of methoxy groups -OCH3 is 1. The predicted molar refractivity (Wildman–Crippen MR) is 116 cm³/mol. The molecule has 2 amide bonds. The summed E-state index contributed by atoms with van der Waals surface area (Å²) in [7, 11) is 1.57. The Bertz CT molecular complexity index is 1130. The van der Waals surface area contributed by atoms with Crippen LogP contribution in [0.4, 0.5) is 10.8 Å². The Hall–Kier alpha value is -3.57. The van der Waals surface area contributed by atoms with Crippen molar-refractivity contribution in [3.63, 3.8) is 0 Å². The maximum absolute atomic E-state index is 12.4. The number of aromatic nitrogens is 2. The minimum absolute atomic E-state index is 0.0182. The number of hydrogen-bond donors (Lipinski definition) is 2. The third-order valence-corrected chi connectivity index (χ3v) is 5.34. The molecule has 1 unspecified atom stereocenters. The zero-order valence-electron chi connectivity index (χ0n) is 16.3. The van der Waals surface area contributed by atoms with Crippen molar-refractivity contribution in [1.82, 2.24) is 15.5 Å². The Morgan fingerprint density at radius 3 is 2.52 bits per heavy atom. The number of non-ortho nitro benzene ring substituents is 1. The first kappa shape index (κ1) is 22.1. The molecular weight excluding hydrogens is 446 g/mol. The lowest BCUT2D eigenvalue weighted by Gasteiger charge is -2.13. The molecule has 0 saturated carbocycles. The zero-order valence-corrected chi connectivity index (χ0v) is 17.9. The Morgan fingerprint density at radius 2 is 1.90 bits per heavy atom. The number of carbonyl (C=O) groups excluding carboxylic acids is 2. The average molecular weight is 462 g/mol. The van der Waals surface area contributed by atoms with E-state index in [9.17, 15) is 19.7 Å². The van der Waals surface area contributed by atoms with E-state index in [0.29, 0.717) is 10.8 Å². The number of amides is 2. The van der Waals surface area contributed by atoms with Crippen LogP contribution in [0.1, 0.15) is 17.3 Å². The number of carbonyl (C=O) groups is 2. The topological polar surface area (TPSA) is 136 Å². The summed E-state index contributed by atoms with van der Waals surface area (Å²) in [6.07, 6.45) is 0. The fourth-order valence-electron chi connectivity index (χ4n) is 2.48. The monoisotopic (exact) mass is 461 g/mol. The van der Waals surface area contributed by atoms with E-state index < -0.39 is 22.8 Å². The second kappa shape index (κ2) is 9.49. The lowest BCUT2D eigenvalue weighted by atomic mass is 10.1. The lowest BCUT2D eigenvalue weighted by Crippen LogP contribution is -2.41. The first-order chi connectivity index (χ1) is 14.8. The number of anilines is 1. The number of benzene rings is 2. The third kappa shape index (κ3) is 5.32. The first-order valence-electron chi connectivity index (χ1n) is 8.82. The lowest BCUT2D eigenvalue weighted by molar-refractivity contribution is -0.384. The average Bonchev–Trinajstić information content (AvgIpc) is 3.21. The van der Waals surface area contributed by atoms with Crippen molar-refractivity contribution >= 4 is 45.6 Å². The summed E-state index contributed by atoms with van der Waals surface area (Å²) in [5.74, 6) is -0.443. The van der Waals surface area contributed by atoms with Crippen LogP contribution in [0.3, 0.4) is 0 Å². The first-order valence-corrected chi connectivity index (χ1v) is 10.0. The third-order valence-electron chi connectivity index (χ3n) is 4.14. The van der Waals surface area contributed by atoms with Gasteiger partial charge < -0.3 is 10.1 Å². The van der Waals surface area contributed by atoms with Crippen molar-refractivity contribution < 1.29 is 19.2 Å². The molecule has 3 aromatic rings. The minimum Gasteiger partial charge on any atom is -0.497 e. The molecule has 0 spiro atoms. The van der Waals surface area contributed by atoms with E-state index in [-0.39, 0.29) is 21.4 Å². The number of nitro groups is 1. The smallest absolute Gasteiger partial charge is 0.270 e. The largest absolute Gasteiger partial charge is 0.497 e. The Morgan fingerprint density at radius 1 is 1.19 bits per heavy atom. The quantitative estimate of drug-likeness (QED) is 0.405. The summed E-state index contributed by atoms with van der Waals surface area (Å²) in [6.45, 7) is 1.48. The van der Waals surface area contributed by atoms with E-state index in [4.69, 9.17) is 16.3 Å². The molecule has 0 bridgehead atoms. The van der Waals surface area contributed by atoms with E-state index in [1.54, 1.807) is 19.2 Å². The zero-order chi connectivity index (χ0) is 22.5. The number of nitro benzene ring substituents is 1. The van der Waals surface area contributed by atoms with Gasteiger partial charge in [-0.1, -0.05) is 22.9 Å². The second-order valence-corrected chi connectivity index (χ2v) is 7.63. The van der Waals surface area contributed by atoms with Crippen LogP contribution in [0.15, 0.2) is 42.5 Å². The summed E-state index contributed by atoms with van der Waals surface area (Å²) in [4.78, 5) is 34.9. The van der Waals surface area contributed by atoms with E-state index in [0.717, 1.165) is 17.7 Å². The summed E-state index contributed by atoms with van der Waals surface area (Å²) >= 11 is 7.13. The Labute approximate surface area is 185 Å². The summed E-state index contributed by atoms with van der Waals surface area (Å²) < 4.78 is 5.11. The van der Waals surface area contributed by atoms with Crippen LogP contribution in [-0.2, 0) is 4.79 Å². The molecule has 160 valence electrons. The number of halogens is 1. The van der Waals surface area contributed by atoms with Gasteiger partial charge in [0.25, 0.3) is 11.6 Å². The molecule has 10 nitrogen and oxygen atoms in total. The van der Waals surface area contributed by atoms with Gasteiger partial charge in [-0.05, 0) is 37.3 Å². The van der Waals surface area contributed by atoms with Crippen molar-refractivity contribution in [3.8, 4) is 16.3 Å². The van der Waals surface area contributed by atoms with Crippen LogP contribution in [-0.4, -0.2) is 40.1 Å². The number of nitrogens with zero attached hydrogens (tertiary/aromatic N) is 3. The summed E-state index contributed by atoms with van der Waals surface area (Å²) in [5, 5.41) is 24.6. The van der Waals surface area contributed by atoms with Gasteiger partial charge in [0.15, 0.2) is 0 Å². The van der Waals surface area contributed by atoms with Gasteiger partial charge in [0.1, 0.15) is 16.8 Å². The molecule has 0 aliphatic carbocycles. The molecule has 2 N–H and O–H groups in total. The van der Waals surface area contributed by atoms with E-state index >= 15 is 0 Å². The van der Waals surface area contributed by atoms with Gasteiger partial charge in [-0.2, -0.15) is 0 Å². The minimum atomic E-state index is -0.924. The van der Waals surface area contributed by atoms with Crippen molar-refractivity contribution in [2.75, 3.05) is 12.4 Å². The van der Waals surface area contributed by atoms with E-state index in [1.807, 2.05) is 12.1 Å². The van der Waals surface area contributed by atoms with Crippen molar-refractivity contribution in [3.05, 3.63) is 63.2 Å². The fraction of sp³-hybridized carbons (Fsp3) is 0.158. The highest BCUT2D eigenvalue weighted by Gasteiger charge is 2.21. The molecule has 0 saturated heterocycles. The van der Waals surface area contributed by atoms with Crippen LogP contribution in [0.5, 0.6) is 5.75 Å². The molecule has 31 heavy (non-hydrogen) atoms. The molecule has 12 heteroatoms. The standard InChI is InChI=1S/C19H16ClN5O5S/c1-10(21-17(27)14-8-5-12(25(28)29)9-15(14)20)16(26)22-19-24-23-18(31-19)11-3-6-13(30-2)7-4-11/h3-10H,1-2H3,(H,21,27)(H,22,24,26). The molecule has 0 aliphatic rings. The van der Waals surface area contributed by atoms with Gasteiger partial charge in [0, 0.05) is 17.7 Å². The maximum Gasteiger partial charge on any atom is 0.270 e. The molecular formula is C19H16ClN5O5S. The fourth-order valence-corrected chi connectivity index (χ4v) is 3.49. The normalized spacial score (nSPS) is 11.5. The number of rotatable bonds is 7. The molecule has 1 heterocycles. The van der Waals surface area contributed by atoms with Crippen molar-refractivity contribution in [1.29, 1.82) is 0 Å². The molecule has 1 aromatic heterocycles. The van der Waals surface area contributed by atoms with Crippen LogP contribution in [0.2, 0.25) is 5.02 Å². The van der Waals surface area contributed by atoms with Crippen LogP contribution < -0.4 is 15.4 Å². The van der Waals surface area contributed by atoms with Gasteiger partial charge in [0.2, 0.25) is 11.0 Å². The highest BCUT2D eigenvalue weighted by molar-refractivity contribution is 7.18. The van der Waals surface area contributed by atoms with Gasteiger partial charge in [-0.25, -0.2) is 0 Å². The van der Waals surface area contributed by atoms with Gasteiger partial charge >= 0.3 is 0 Å². The van der Waals surface area contributed by atoms with Crippen LogP contribution in [0, 0.1) is 10.1 Å². The number of hydrogen-bond acceptors (Lipinski definition) is 8. The van der Waals surface area contributed by atoms with E-state index in [2.05, 4.69) is 20.8 Å².